The minimum atomic E-state index is -3.80. The molecule has 0 aliphatic rings. The van der Waals surface area contributed by atoms with Crippen LogP contribution in [0.25, 0.3) is 0 Å². The number of carboxylic acids is 1. The van der Waals surface area contributed by atoms with Crippen LogP contribution in [-0.2, 0) is 10.0 Å². The van der Waals surface area contributed by atoms with Gasteiger partial charge >= 0.3 is 5.97 Å². The Labute approximate surface area is 104 Å². The van der Waals surface area contributed by atoms with Crippen molar-refractivity contribution in [1.29, 1.82) is 0 Å². The SMILES string of the molecule is CCCNS(=O)(=O)c1ccc(Cl)cc1C(=O)O. The van der Waals surface area contributed by atoms with Crippen molar-refractivity contribution in [2.45, 2.75) is 18.2 Å². The maximum absolute atomic E-state index is 11.8. The van der Waals surface area contributed by atoms with Crippen LogP contribution in [0.2, 0.25) is 5.02 Å². The maximum atomic E-state index is 11.8. The van der Waals surface area contributed by atoms with Gasteiger partial charge in [0.1, 0.15) is 0 Å². The lowest BCUT2D eigenvalue weighted by Gasteiger charge is -2.08. The molecule has 0 bridgehead atoms. The van der Waals surface area contributed by atoms with Gasteiger partial charge in [0.25, 0.3) is 0 Å². The van der Waals surface area contributed by atoms with E-state index in [0.717, 1.165) is 6.07 Å². The second kappa shape index (κ2) is 5.48. The minimum Gasteiger partial charge on any atom is -0.478 e. The van der Waals surface area contributed by atoms with E-state index in [1.54, 1.807) is 0 Å². The van der Waals surface area contributed by atoms with E-state index in [4.69, 9.17) is 16.7 Å². The van der Waals surface area contributed by atoms with E-state index in [1.807, 2.05) is 6.92 Å². The highest BCUT2D eigenvalue weighted by atomic mass is 35.5. The van der Waals surface area contributed by atoms with Gasteiger partial charge in [-0.05, 0) is 24.6 Å². The van der Waals surface area contributed by atoms with E-state index >= 15 is 0 Å². The molecular weight excluding hydrogens is 266 g/mol. The van der Waals surface area contributed by atoms with Crippen LogP contribution in [-0.4, -0.2) is 26.0 Å². The summed E-state index contributed by atoms with van der Waals surface area (Å²) in [5.74, 6) is -1.33. The molecule has 1 aromatic carbocycles. The lowest BCUT2D eigenvalue weighted by molar-refractivity contribution is 0.0692. The number of rotatable bonds is 5. The third kappa shape index (κ3) is 3.42. The third-order valence-corrected chi connectivity index (χ3v) is 3.76. The molecule has 1 aromatic rings. The number of halogens is 1. The van der Waals surface area contributed by atoms with E-state index < -0.39 is 16.0 Å². The van der Waals surface area contributed by atoms with E-state index in [1.165, 1.54) is 12.1 Å². The van der Waals surface area contributed by atoms with E-state index in [9.17, 15) is 13.2 Å². The van der Waals surface area contributed by atoms with Crippen molar-refractivity contribution in [2.75, 3.05) is 6.54 Å². The topological polar surface area (TPSA) is 83.5 Å². The number of hydrogen-bond acceptors (Lipinski definition) is 3. The van der Waals surface area contributed by atoms with Crippen molar-refractivity contribution in [3.8, 4) is 0 Å². The van der Waals surface area contributed by atoms with E-state index in [-0.39, 0.29) is 22.0 Å². The predicted octanol–water partition coefficient (Wildman–Crippen LogP) is 1.73. The smallest absolute Gasteiger partial charge is 0.337 e. The Morgan fingerprint density at radius 2 is 2.12 bits per heavy atom. The Bertz CT molecular complexity index is 527. The molecule has 2 N–H and O–H groups in total. The molecule has 1 rings (SSSR count). The first-order valence-electron chi connectivity index (χ1n) is 4.91. The molecule has 0 aromatic heterocycles. The first-order valence-corrected chi connectivity index (χ1v) is 6.77. The van der Waals surface area contributed by atoms with Crippen molar-refractivity contribution in [1.82, 2.24) is 4.72 Å². The molecule has 0 spiro atoms. The maximum Gasteiger partial charge on any atom is 0.337 e. The fourth-order valence-electron chi connectivity index (χ4n) is 1.22. The van der Waals surface area contributed by atoms with Gasteiger partial charge in [-0.1, -0.05) is 18.5 Å². The van der Waals surface area contributed by atoms with Crippen molar-refractivity contribution in [3.05, 3.63) is 28.8 Å². The number of benzene rings is 1. The first kappa shape index (κ1) is 14.0. The zero-order chi connectivity index (χ0) is 13.1. The number of hydrogen-bond donors (Lipinski definition) is 2. The Morgan fingerprint density at radius 3 is 2.65 bits per heavy atom. The summed E-state index contributed by atoms with van der Waals surface area (Å²) in [6.07, 6.45) is 0.620. The summed E-state index contributed by atoms with van der Waals surface area (Å²) in [7, 11) is -3.80. The van der Waals surface area contributed by atoms with E-state index in [2.05, 4.69) is 4.72 Å². The molecule has 0 aliphatic carbocycles. The van der Waals surface area contributed by atoms with Crippen LogP contribution in [0.3, 0.4) is 0 Å². The highest BCUT2D eigenvalue weighted by molar-refractivity contribution is 7.89. The Morgan fingerprint density at radius 1 is 1.47 bits per heavy atom. The van der Waals surface area contributed by atoms with Gasteiger partial charge < -0.3 is 5.11 Å². The molecule has 0 fully saturated rings. The summed E-state index contributed by atoms with van der Waals surface area (Å²) in [6.45, 7) is 2.06. The molecule has 94 valence electrons. The molecule has 0 amide bonds. The highest BCUT2D eigenvalue weighted by Crippen LogP contribution is 2.20. The zero-order valence-electron chi connectivity index (χ0n) is 9.10. The van der Waals surface area contributed by atoms with Crippen LogP contribution in [0, 0.1) is 0 Å². The number of nitrogens with one attached hydrogen (secondary N) is 1. The van der Waals surface area contributed by atoms with Gasteiger partial charge in [0, 0.05) is 11.6 Å². The number of carbonyl (C=O) groups is 1. The lowest BCUT2D eigenvalue weighted by atomic mass is 10.2. The average Bonchev–Trinajstić information content (AvgIpc) is 2.26. The average molecular weight is 278 g/mol. The van der Waals surface area contributed by atoms with Crippen molar-refractivity contribution >= 4 is 27.6 Å². The van der Waals surface area contributed by atoms with Gasteiger partial charge in [-0.3, -0.25) is 0 Å². The van der Waals surface area contributed by atoms with Gasteiger partial charge in [-0.15, -0.1) is 0 Å². The van der Waals surface area contributed by atoms with Gasteiger partial charge in [0.15, 0.2) is 0 Å². The van der Waals surface area contributed by atoms with Crippen molar-refractivity contribution in [2.24, 2.45) is 0 Å². The summed E-state index contributed by atoms with van der Waals surface area (Å²) in [5.41, 5.74) is -0.332. The summed E-state index contributed by atoms with van der Waals surface area (Å²) >= 11 is 5.64. The van der Waals surface area contributed by atoms with Crippen LogP contribution >= 0.6 is 11.6 Å². The molecule has 0 saturated carbocycles. The second-order valence-corrected chi connectivity index (χ2v) is 5.52. The van der Waals surface area contributed by atoms with Crippen molar-refractivity contribution < 1.29 is 18.3 Å². The lowest BCUT2D eigenvalue weighted by Crippen LogP contribution is -2.26. The van der Waals surface area contributed by atoms with Crippen LogP contribution in [0.4, 0.5) is 0 Å². The zero-order valence-corrected chi connectivity index (χ0v) is 10.7. The normalized spacial score (nSPS) is 11.4. The molecule has 17 heavy (non-hydrogen) atoms. The molecule has 0 radical (unpaired) electrons. The number of carboxylic acid groups (broad SMARTS) is 1. The summed E-state index contributed by atoms with van der Waals surface area (Å²) < 4.78 is 25.9. The standard InChI is InChI=1S/C10H12ClNO4S/c1-2-5-12-17(15,16)9-4-3-7(11)6-8(9)10(13)14/h3-4,6,12H,2,5H2,1H3,(H,13,14). The summed E-state index contributed by atoms with van der Waals surface area (Å²) in [5, 5.41) is 9.11. The molecule has 0 unspecified atom stereocenters. The quantitative estimate of drug-likeness (QED) is 0.858. The van der Waals surface area contributed by atoms with Gasteiger partial charge in [-0.25, -0.2) is 17.9 Å². The largest absolute Gasteiger partial charge is 0.478 e. The van der Waals surface area contributed by atoms with Crippen LogP contribution in [0.5, 0.6) is 0 Å². The van der Waals surface area contributed by atoms with Gasteiger partial charge in [0.2, 0.25) is 10.0 Å². The van der Waals surface area contributed by atoms with Crippen LogP contribution in [0.15, 0.2) is 23.1 Å². The monoisotopic (exact) mass is 277 g/mol. The molecular formula is C10H12ClNO4S. The second-order valence-electron chi connectivity index (χ2n) is 3.34. The molecule has 0 atom stereocenters. The van der Waals surface area contributed by atoms with Crippen molar-refractivity contribution in [3.63, 3.8) is 0 Å². The first-order chi connectivity index (χ1) is 7.88. The minimum absolute atomic E-state index is 0.178. The highest BCUT2D eigenvalue weighted by Gasteiger charge is 2.21. The molecule has 7 heteroatoms. The van der Waals surface area contributed by atoms with Crippen LogP contribution < -0.4 is 4.72 Å². The fraction of sp³-hybridized carbons (Fsp3) is 0.300. The summed E-state index contributed by atoms with van der Waals surface area (Å²) in [4.78, 5) is 10.7. The molecule has 0 saturated heterocycles. The summed E-state index contributed by atoms with van der Waals surface area (Å²) in [6, 6.07) is 3.64. The van der Waals surface area contributed by atoms with E-state index in [0.29, 0.717) is 6.42 Å². The van der Waals surface area contributed by atoms with Crippen LogP contribution in [0.1, 0.15) is 23.7 Å². The Hall–Kier alpha value is -1.11. The van der Waals surface area contributed by atoms with Gasteiger partial charge in [0.05, 0.1) is 10.5 Å². The third-order valence-electron chi connectivity index (χ3n) is 2.00. The Balaban J connectivity index is 3.26. The predicted molar refractivity (Wildman–Crippen MR) is 63.9 cm³/mol. The molecule has 5 nitrogen and oxygen atoms in total. The Kier molecular flexibility index (Phi) is 4.50. The number of aromatic carboxylic acids is 1. The van der Waals surface area contributed by atoms with Gasteiger partial charge in [-0.2, -0.15) is 0 Å². The molecule has 0 heterocycles. The molecule has 0 aliphatic heterocycles. The number of sulfonamides is 1. The fourth-order valence-corrected chi connectivity index (χ4v) is 2.70.